The number of aliphatic hydroxyl groups excluding tert-OH is 10. The number of ether oxygens (including phenoxy) is 11. The van der Waals surface area contributed by atoms with E-state index in [4.69, 9.17) is 72.6 Å². The summed E-state index contributed by atoms with van der Waals surface area (Å²) in [4.78, 5) is 102. The third kappa shape index (κ3) is 25.5. The Kier molecular flexibility index (Phi) is 34.3. The molecule has 0 spiro atoms. The number of phosphoric acid groups is 1. The van der Waals surface area contributed by atoms with Crippen LogP contribution in [-0.2, 0) is 94.5 Å². The molecule has 6 aliphatic rings. The quantitative estimate of drug-likeness (QED) is 0.0257. The second kappa shape index (κ2) is 40.7. The maximum absolute atomic E-state index is 14.1. The van der Waals surface area contributed by atoms with Crippen LogP contribution in [0.3, 0.4) is 0 Å². The zero-order valence-electron chi connectivity index (χ0n) is 62.4. The number of phosphoric ester groups is 1. The first-order valence-electron chi connectivity index (χ1n) is 35.6. The monoisotopic (exact) mass is 1580 g/mol. The Hall–Kier alpha value is -5.96. The Morgan fingerprint density at radius 2 is 1.29 bits per heavy atom. The van der Waals surface area contributed by atoms with Crippen LogP contribution in [0.2, 0.25) is 0 Å². The number of aliphatic carboxylic acids is 1. The summed E-state index contributed by atoms with van der Waals surface area (Å²) in [5.41, 5.74) is 12.3. The Balaban J connectivity index is 1.25. The third-order valence-corrected chi connectivity index (χ3v) is 20.1. The van der Waals surface area contributed by atoms with Crippen molar-refractivity contribution in [3.8, 4) is 0 Å². The van der Waals surface area contributed by atoms with Gasteiger partial charge in [0.05, 0.1) is 38.3 Å². The van der Waals surface area contributed by atoms with Crippen LogP contribution >= 0.6 is 7.82 Å². The van der Waals surface area contributed by atoms with Crippen LogP contribution in [0, 0.1) is 5.41 Å². The molecular weight excluding hydrogens is 1470 g/mol. The maximum Gasteiger partial charge on any atom is 0.474 e. The van der Waals surface area contributed by atoms with Gasteiger partial charge in [0.25, 0.3) is 0 Å². The Morgan fingerprint density at radius 3 is 1.88 bits per heavy atom. The van der Waals surface area contributed by atoms with E-state index >= 15 is 0 Å². The van der Waals surface area contributed by atoms with Gasteiger partial charge < -0.3 is 140 Å². The molecule has 0 saturated carbocycles. The Labute approximate surface area is 629 Å². The number of primary amides is 2. The number of nitrogens with one attached hydrogen (secondary N) is 2. The highest BCUT2D eigenvalue weighted by atomic mass is 31.2. The molecule has 4 amide bonds. The van der Waals surface area contributed by atoms with Gasteiger partial charge in [-0.2, -0.15) is 0 Å². The lowest BCUT2D eigenvalue weighted by Gasteiger charge is -2.52. The number of allylic oxidation sites excluding steroid dienone is 10. The molecular formula is C70H109N4O34P. The smallest absolute Gasteiger partial charge is 0.474 e. The zero-order valence-corrected chi connectivity index (χ0v) is 63.3. The van der Waals surface area contributed by atoms with Crippen molar-refractivity contribution in [3.05, 3.63) is 70.6 Å². The Morgan fingerprint density at radius 1 is 0.716 bits per heavy atom. The molecule has 5 aliphatic heterocycles. The van der Waals surface area contributed by atoms with E-state index in [1.807, 2.05) is 6.08 Å². The van der Waals surface area contributed by atoms with E-state index in [-0.39, 0.29) is 36.2 Å². The molecule has 5 heterocycles. The van der Waals surface area contributed by atoms with Crippen molar-refractivity contribution in [2.45, 2.75) is 292 Å². The number of ketones is 2. The van der Waals surface area contributed by atoms with E-state index in [0.29, 0.717) is 12.8 Å². The number of nitrogens with two attached hydrogens (primary N) is 2. The molecule has 0 aromatic heterocycles. The number of carbonyl (C=O) groups is 7. The highest BCUT2D eigenvalue weighted by Crippen LogP contribution is 2.49. The minimum absolute atomic E-state index is 0.0653. The van der Waals surface area contributed by atoms with Gasteiger partial charge in [0.15, 0.2) is 67.4 Å². The van der Waals surface area contributed by atoms with Crippen molar-refractivity contribution >= 4 is 49.2 Å². The van der Waals surface area contributed by atoms with Crippen LogP contribution in [0.5, 0.6) is 0 Å². The molecule has 0 bridgehead atoms. The fourth-order valence-electron chi connectivity index (χ4n) is 12.9. The van der Waals surface area contributed by atoms with Crippen LogP contribution in [0.1, 0.15) is 133 Å². The average Bonchev–Trinajstić information content (AvgIpc) is 1.80. The van der Waals surface area contributed by atoms with Crippen molar-refractivity contribution in [1.29, 1.82) is 0 Å². The van der Waals surface area contributed by atoms with E-state index in [9.17, 15) is 104 Å². The number of carbonyl (C=O) groups excluding carboxylic acids is 6. The average molecular weight is 1580 g/mol. The maximum atomic E-state index is 14.1. The number of Topliss-reactive ketones (excluding diaryl/α,β-unsaturated/α-hetero) is 2. The number of carboxylic acid groups (broad SMARTS) is 1. The topological polar surface area (TPSA) is 596 Å². The lowest BCUT2D eigenvalue weighted by Crippen LogP contribution is -2.72. The summed E-state index contributed by atoms with van der Waals surface area (Å²) >= 11 is 0. The van der Waals surface area contributed by atoms with Crippen molar-refractivity contribution < 1.29 is 165 Å². The normalized spacial score (nSPS) is 35.7. The van der Waals surface area contributed by atoms with Crippen LogP contribution < -0.4 is 22.1 Å². The fourth-order valence-corrected chi connectivity index (χ4v) is 13.7. The molecule has 11 unspecified atom stereocenters. The molecule has 19 N–H and O–H groups in total. The van der Waals surface area contributed by atoms with Gasteiger partial charge in [0, 0.05) is 38.7 Å². The summed E-state index contributed by atoms with van der Waals surface area (Å²) in [7, 11) is -5.85. The number of aliphatic hydroxyl groups is 11. The fraction of sp³-hybridized carbons (Fsp3) is 0.729. The summed E-state index contributed by atoms with van der Waals surface area (Å²) < 4.78 is 89.0. The van der Waals surface area contributed by atoms with Gasteiger partial charge in [-0.1, -0.05) is 73.1 Å². The molecule has 6 rings (SSSR count). The third-order valence-electron chi connectivity index (χ3n) is 19.2. The highest BCUT2D eigenvalue weighted by Gasteiger charge is 2.62. The Bertz CT molecular complexity index is 3360. The minimum atomic E-state index is -5.85. The highest BCUT2D eigenvalue weighted by molar-refractivity contribution is 7.47. The predicted octanol–water partition coefficient (Wildman–Crippen LogP) is -1.14. The van der Waals surface area contributed by atoms with Gasteiger partial charge >= 0.3 is 19.9 Å². The number of rotatable bonds is 38. The van der Waals surface area contributed by atoms with Gasteiger partial charge in [-0.3, -0.25) is 33.0 Å². The van der Waals surface area contributed by atoms with Gasteiger partial charge in [0.1, 0.15) is 97.0 Å². The zero-order chi connectivity index (χ0) is 81.5. The number of hydrogen-bond donors (Lipinski definition) is 17. The summed E-state index contributed by atoms with van der Waals surface area (Å²) in [6, 6.07) is -3.98. The van der Waals surface area contributed by atoms with Crippen LogP contribution in [0.4, 0.5) is 4.79 Å². The number of amides is 4. The lowest BCUT2D eigenvalue weighted by atomic mass is 9.85. The van der Waals surface area contributed by atoms with Gasteiger partial charge in [-0.05, 0) is 91.9 Å². The number of hydrogen-bond acceptors (Lipinski definition) is 32. The molecule has 5 fully saturated rings. The first-order valence-corrected chi connectivity index (χ1v) is 37.1. The van der Waals surface area contributed by atoms with E-state index in [0.717, 1.165) is 64.0 Å². The summed E-state index contributed by atoms with van der Waals surface area (Å²) in [5, 5.41) is 137. The van der Waals surface area contributed by atoms with E-state index < -0.39 is 234 Å². The van der Waals surface area contributed by atoms with Crippen molar-refractivity contribution in [2.75, 3.05) is 26.4 Å². The van der Waals surface area contributed by atoms with Crippen LogP contribution in [0.15, 0.2) is 70.6 Å². The molecule has 38 nitrogen and oxygen atoms in total. The van der Waals surface area contributed by atoms with Crippen molar-refractivity contribution in [2.24, 2.45) is 16.9 Å². The standard InChI is InChI=1S/C70H109N4O34P/c1-31(2)15-14-17-32(3)18-19-34(5)22-25-69(9,10)24-13-12-16-33(4)23-26-96-44(62(90)91)30-98-109(94,95)108-67-58(59(107-68(72)92)70(11,93)60(106-67)61(71)89)105-64-46(74-37(8)77)49(83)57(43(101-64)29-97-65-53(87)50(84)47(81)42(28-75)100-65)104-63-45(73-36(7)76)48(82)55(35(6)99-63)102-66-54(88)51(85)52(86)56(103-66)41(80)27-38-39(78)20-21-40(38)79/h13,15,18,23-24,35,42-60,63-67,75,78,81-88,93H,5,12,14,16-17,19-22,25-30H2,1-4,6-11H3,(H2,71,89)(H2,72,92)(H,73,76)(H,74,77)(H,90,91)(H,94,95)/b24-13+,32-18+,33-23+/t35?,42?,43?,44-,45?,46?,47-,48-,49-,50+,51+,52-,53?,54?,55-,56?,57-,58?,59-,60?,63+,64+,65-,66-,67-,70+/m1/s1. The summed E-state index contributed by atoms with van der Waals surface area (Å²) in [6.07, 6.45) is -35.6. The van der Waals surface area contributed by atoms with E-state index in [1.54, 1.807) is 13.0 Å². The second-order valence-corrected chi connectivity index (χ2v) is 30.5. The molecule has 109 heavy (non-hydrogen) atoms. The van der Waals surface area contributed by atoms with Crippen molar-refractivity contribution in [1.82, 2.24) is 10.6 Å². The molecule has 618 valence electrons. The molecule has 5 saturated heterocycles. The first kappa shape index (κ1) is 91.9. The number of carboxylic acids is 1. The van der Waals surface area contributed by atoms with E-state index in [2.05, 4.69) is 70.1 Å². The molecule has 39 heteroatoms. The molecule has 0 aromatic rings. The van der Waals surface area contributed by atoms with Gasteiger partial charge in [0.2, 0.25) is 17.7 Å². The molecule has 0 aromatic carbocycles. The first-order chi connectivity index (χ1) is 50.9. The SMILES string of the molecule is C=C(C/C=C(\C)CCC=C(C)C)CCC(C)(C)/C=C/CC/C(C)=C/CO[C@H](COP(=O)(O)O[C@H]1OC(C(N)=O)[C@@](C)(O)[C@H](OC(N)=O)C1O[C@@H]1OC(CO[C@@H]2OC(CO)[C@@H](O)[C@H](O)C2O)[C@@H](O[C@@H]2OC(C)[C@@H](O[C@@H]3OC(C(=O)CC4=C(O)CCC4=O)[C@H](O)[C@H](O)C3O)[C@H](O)C2NC(C)=O)[C@H](O)C1NC(C)=O)C(=O)O. The summed E-state index contributed by atoms with van der Waals surface area (Å²) in [6.45, 7) is 16.8. The van der Waals surface area contributed by atoms with Gasteiger partial charge in [-0.25, -0.2) is 14.2 Å². The van der Waals surface area contributed by atoms with Crippen molar-refractivity contribution in [3.63, 3.8) is 0 Å². The minimum Gasteiger partial charge on any atom is -0.512 e. The predicted molar refractivity (Wildman–Crippen MR) is 373 cm³/mol. The van der Waals surface area contributed by atoms with Crippen LogP contribution in [-0.4, -0.2) is 293 Å². The van der Waals surface area contributed by atoms with Crippen LogP contribution in [0.25, 0.3) is 0 Å². The largest absolute Gasteiger partial charge is 0.512 e. The molecule has 27 atom stereocenters. The lowest BCUT2D eigenvalue weighted by molar-refractivity contribution is -0.375. The summed E-state index contributed by atoms with van der Waals surface area (Å²) in [5.74, 6) is -7.17. The molecule has 1 aliphatic carbocycles. The molecule has 0 radical (unpaired) electrons. The van der Waals surface area contributed by atoms with Gasteiger partial charge in [-0.15, -0.1) is 0 Å². The van der Waals surface area contributed by atoms with E-state index in [1.165, 1.54) is 18.1 Å². The second-order valence-electron chi connectivity index (χ2n) is 29.1.